The summed E-state index contributed by atoms with van der Waals surface area (Å²) in [5.74, 6) is 0.862. The molecule has 0 bridgehead atoms. The molecule has 1 saturated heterocycles. The number of halogens is 1. The van der Waals surface area contributed by atoms with Gasteiger partial charge in [0, 0.05) is 31.9 Å². The first-order valence-electron chi connectivity index (χ1n) is 5.98. The predicted molar refractivity (Wildman–Crippen MR) is 72.6 cm³/mol. The van der Waals surface area contributed by atoms with Crippen molar-refractivity contribution >= 4 is 23.1 Å². The number of likely N-dealkylation sites (N-methyl/N-ethyl adjacent to an activating group) is 1. The molecule has 0 aromatic carbocycles. The molecule has 2 N–H and O–H groups in total. The van der Waals surface area contributed by atoms with Crippen molar-refractivity contribution in [1.29, 1.82) is 0 Å². The maximum absolute atomic E-state index is 5.97. The summed E-state index contributed by atoms with van der Waals surface area (Å²) < 4.78 is 0. The Hall–Kier alpha value is -1.00. The lowest BCUT2D eigenvalue weighted by atomic mass is 10.1. The molecule has 1 aliphatic heterocycles. The Morgan fingerprint density at radius 2 is 2.29 bits per heavy atom. The number of rotatable bonds is 2. The summed E-state index contributed by atoms with van der Waals surface area (Å²) in [6.07, 6.45) is 2.80. The summed E-state index contributed by atoms with van der Waals surface area (Å²) in [6.45, 7) is 5.20. The van der Waals surface area contributed by atoms with E-state index in [9.17, 15) is 0 Å². The molecule has 1 atom stereocenters. The lowest BCUT2D eigenvalue weighted by Crippen LogP contribution is -2.51. The van der Waals surface area contributed by atoms with Gasteiger partial charge < -0.3 is 10.6 Å². The van der Waals surface area contributed by atoms with Crippen LogP contribution in [0.15, 0.2) is 12.3 Å². The van der Waals surface area contributed by atoms with Gasteiger partial charge in [0.2, 0.25) is 0 Å². The van der Waals surface area contributed by atoms with E-state index >= 15 is 0 Å². The molecule has 0 saturated carbocycles. The van der Waals surface area contributed by atoms with Crippen LogP contribution in [-0.4, -0.2) is 42.6 Å². The number of nitrogen functional groups attached to an aromatic ring is 1. The van der Waals surface area contributed by atoms with Gasteiger partial charge in [0.1, 0.15) is 0 Å². The lowest BCUT2D eigenvalue weighted by Gasteiger charge is -2.40. The highest BCUT2D eigenvalue weighted by molar-refractivity contribution is 6.30. The minimum Gasteiger partial charge on any atom is -0.396 e. The van der Waals surface area contributed by atoms with Gasteiger partial charge in [0.15, 0.2) is 5.82 Å². The van der Waals surface area contributed by atoms with Crippen LogP contribution >= 0.6 is 11.6 Å². The number of hydrogen-bond acceptors (Lipinski definition) is 4. The molecule has 5 heteroatoms. The molecule has 94 valence electrons. The molecular formula is C12H19ClN4. The molecule has 0 radical (unpaired) electrons. The third-order valence-electron chi connectivity index (χ3n) is 3.41. The average molecular weight is 255 g/mol. The van der Waals surface area contributed by atoms with Crippen LogP contribution in [0.5, 0.6) is 0 Å². The monoisotopic (exact) mass is 254 g/mol. The molecule has 4 nitrogen and oxygen atoms in total. The number of hydrogen-bond donors (Lipinski definition) is 1. The summed E-state index contributed by atoms with van der Waals surface area (Å²) in [6, 6.07) is 2.34. The Labute approximate surface area is 107 Å². The van der Waals surface area contributed by atoms with Gasteiger partial charge in [0.25, 0.3) is 0 Å². The smallest absolute Gasteiger partial charge is 0.151 e. The third-order valence-corrected chi connectivity index (χ3v) is 3.62. The fourth-order valence-corrected chi connectivity index (χ4v) is 2.46. The van der Waals surface area contributed by atoms with Crippen LogP contribution in [0.25, 0.3) is 0 Å². The van der Waals surface area contributed by atoms with Crippen LogP contribution in [0.1, 0.15) is 13.3 Å². The van der Waals surface area contributed by atoms with Crippen LogP contribution in [0.2, 0.25) is 5.02 Å². The van der Waals surface area contributed by atoms with Gasteiger partial charge in [-0.15, -0.1) is 0 Å². The highest BCUT2D eigenvalue weighted by atomic mass is 35.5. The number of anilines is 2. The number of pyridine rings is 1. The van der Waals surface area contributed by atoms with Crippen LogP contribution in [-0.2, 0) is 0 Å². The van der Waals surface area contributed by atoms with E-state index in [1.54, 1.807) is 12.3 Å². The van der Waals surface area contributed by atoms with Crippen LogP contribution in [0.4, 0.5) is 11.5 Å². The van der Waals surface area contributed by atoms with Crippen molar-refractivity contribution in [2.24, 2.45) is 0 Å². The average Bonchev–Trinajstić information content (AvgIpc) is 2.30. The highest BCUT2D eigenvalue weighted by Crippen LogP contribution is 2.25. The molecule has 0 spiro atoms. The Balaban J connectivity index is 2.17. The highest BCUT2D eigenvalue weighted by Gasteiger charge is 2.24. The summed E-state index contributed by atoms with van der Waals surface area (Å²) in [5, 5.41) is 0.590. The number of nitrogens with two attached hydrogens (primary N) is 1. The van der Waals surface area contributed by atoms with Crippen molar-refractivity contribution in [3.05, 3.63) is 17.3 Å². The van der Waals surface area contributed by atoms with E-state index in [1.165, 1.54) is 0 Å². The second-order valence-corrected chi connectivity index (χ2v) is 4.99. The summed E-state index contributed by atoms with van der Waals surface area (Å²) >= 11 is 5.87. The van der Waals surface area contributed by atoms with Crippen molar-refractivity contribution in [1.82, 2.24) is 9.88 Å². The molecular weight excluding hydrogens is 236 g/mol. The zero-order chi connectivity index (χ0) is 12.4. The molecule has 2 heterocycles. The first kappa shape index (κ1) is 12.5. The first-order valence-corrected chi connectivity index (χ1v) is 6.35. The normalized spacial score (nSPS) is 21.8. The topological polar surface area (TPSA) is 45.4 Å². The molecule has 0 aliphatic carbocycles. The van der Waals surface area contributed by atoms with E-state index in [-0.39, 0.29) is 0 Å². The van der Waals surface area contributed by atoms with E-state index < -0.39 is 0 Å². The third kappa shape index (κ3) is 2.64. The van der Waals surface area contributed by atoms with Gasteiger partial charge >= 0.3 is 0 Å². The van der Waals surface area contributed by atoms with Crippen LogP contribution in [0.3, 0.4) is 0 Å². The second kappa shape index (κ2) is 5.10. The van der Waals surface area contributed by atoms with Crippen molar-refractivity contribution in [2.45, 2.75) is 19.4 Å². The molecule has 1 aromatic rings. The van der Waals surface area contributed by atoms with E-state index in [2.05, 4.69) is 28.8 Å². The maximum Gasteiger partial charge on any atom is 0.151 e. The van der Waals surface area contributed by atoms with Crippen molar-refractivity contribution in [2.75, 3.05) is 37.3 Å². The molecule has 1 aliphatic rings. The Morgan fingerprint density at radius 1 is 1.53 bits per heavy atom. The SMILES string of the molecule is CCC1CN(c2ncc(Cl)cc2N)CCN1C. The van der Waals surface area contributed by atoms with Gasteiger partial charge in [-0.3, -0.25) is 4.90 Å². The van der Waals surface area contributed by atoms with E-state index in [0.717, 1.165) is 31.9 Å². The molecule has 0 amide bonds. The standard InChI is InChI=1S/C12H19ClN4/c1-3-10-8-17(5-4-16(10)2)12-11(14)6-9(13)7-15-12/h6-7,10H,3-5,8,14H2,1-2H3. The predicted octanol–water partition coefficient (Wildman–Crippen LogP) is 1.85. The first-order chi connectivity index (χ1) is 8.11. The Kier molecular flexibility index (Phi) is 3.74. The van der Waals surface area contributed by atoms with E-state index in [0.29, 0.717) is 16.8 Å². The summed E-state index contributed by atoms with van der Waals surface area (Å²) in [5.41, 5.74) is 6.64. The summed E-state index contributed by atoms with van der Waals surface area (Å²) in [7, 11) is 2.17. The molecule has 2 rings (SSSR count). The largest absolute Gasteiger partial charge is 0.396 e. The van der Waals surface area contributed by atoms with E-state index in [1.807, 2.05) is 0 Å². The van der Waals surface area contributed by atoms with Gasteiger partial charge in [-0.05, 0) is 19.5 Å². The number of piperazine rings is 1. The summed E-state index contributed by atoms with van der Waals surface area (Å²) in [4.78, 5) is 8.99. The minimum atomic E-state index is 0.570. The second-order valence-electron chi connectivity index (χ2n) is 4.56. The van der Waals surface area contributed by atoms with Crippen LogP contribution < -0.4 is 10.6 Å². The lowest BCUT2D eigenvalue weighted by molar-refractivity contribution is 0.213. The van der Waals surface area contributed by atoms with Crippen molar-refractivity contribution in [3.8, 4) is 0 Å². The number of nitrogens with zero attached hydrogens (tertiary/aromatic N) is 3. The Bertz CT molecular complexity index is 396. The molecule has 17 heavy (non-hydrogen) atoms. The van der Waals surface area contributed by atoms with E-state index in [4.69, 9.17) is 17.3 Å². The zero-order valence-corrected chi connectivity index (χ0v) is 11.1. The van der Waals surface area contributed by atoms with Crippen LogP contribution in [0, 0.1) is 0 Å². The Morgan fingerprint density at radius 3 is 2.94 bits per heavy atom. The molecule has 1 unspecified atom stereocenters. The fourth-order valence-electron chi connectivity index (χ4n) is 2.29. The molecule has 1 aromatic heterocycles. The zero-order valence-electron chi connectivity index (χ0n) is 10.4. The molecule has 1 fully saturated rings. The van der Waals surface area contributed by atoms with Gasteiger partial charge in [-0.2, -0.15) is 0 Å². The van der Waals surface area contributed by atoms with Gasteiger partial charge in [0.05, 0.1) is 10.7 Å². The maximum atomic E-state index is 5.97. The quantitative estimate of drug-likeness (QED) is 0.875. The van der Waals surface area contributed by atoms with Gasteiger partial charge in [-0.25, -0.2) is 4.98 Å². The number of aromatic nitrogens is 1. The van der Waals surface area contributed by atoms with Gasteiger partial charge in [-0.1, -0.05) is 18.5 Å². The fraction of sp³-hybridized carbons (Fsp3) is 0.583. The van der Waals surface area contributed by atoms with Crippen molar-refractivity contribution in [3.63, 3.8) is 0 Å². The van der Waals surface area contributed by atoms with Crippen molar-refractivity contribution < 1.29 is 0 Å². The minimum absolute atomic E-state index is 0.570.